The highest BCUT2D eigenvalue weighted by Crippen LogP contribution is 2.33. The van der Waals surface area contributed by atoms with Gasteiger partial charge < -0.3 is 72.9 Å². The van der Waals surface area contributed by atoms with E-state index in [4.69, 9.17) is 67.8 Å². The second-order valence-electron chi connectivity index (χ2n) is 13.8. The molecule has 0 spiro atoms. The van der Waals surface area contributed by atoms with Gasteiger partial charge in [0, 0.05) is 18.1 Å². The number of aliphatic carboxylic acids is 2. The summed E-state index contributed by atoms with van der Waals surface area (Å²) in [7, 11) is 0. The van der Waals surface area contributed by atoms with E-state index in [1.54, 1.807) is 0 Å². The molecule has 6 fully saturated rings. The van der Waals surface area contributed by atoms with Crippen molar-refractivity contribution in [3.8, 4) is 0 Å². The number of carbonyl (C=O) groups is 6. The van der Waals surface area contributed by atoms with E-state index in [-0.39, 0.29) is 75.8 Å². The summed E-state index contributed by atoms with van der Waals surface area (Å²) in [6, 6.07) is 0. The average Bonchev–Trinajstić information content (AvgIpc) is 4.02. The molecule has 6 saturated heterocycles. The van der Waals surface area contributed by atoms with Gasteiger partial charge in [0.1, 0.15) is 48.1 Å². The van der Waals surface area contributed by atoms with Gasteiger partial charge in [-0.25, -0.2) is 9.59 Å². The molecule has 6 heterocycles. The molecule has 21 heteroatoms. The topological polar surface area (TPSA) is 296 Å². The van der Waals surface area contributed by atoms with Crippen LogP contribution in [0.5, 0.6) is 0 Å². The molecular formula is C37H48O21. The molecule has 5 N–H and O–H groups in total. The minimum atomic E-state index is -1.09. The van der Waals surface area contributed by atoms with E-state index < -0.39 is 90.8 Å². The number of aliphatic hydroxyl groups is 3. The first-order valence-corrected chi connectivity index (χ1v) is 18.3. The molecular weight excluding hydrogens is 780 g/mol. The highest BCUT2D eigenvalue weighted by Gasteiger charge is 2.52. The number of carboxylic acid groups (broad SMARTS) is 2. The monoisotopic (exact) mass is 828 g/mol. The predicted octanol–water partition coefficient (Wildman–Crippen LogP) is -0.0184. The summed E-state index contributed by atoms with van der Waals surface area (Å²) in [4.78, 5) is 66.6. The van der Waals surface area contributed by atoms with Crippen molar-refractivity contribution in [3.63, 3.8) is 0 Å². The molecule has 0 saturated carbocycles. The number of hydrogen-bond acceptors (Lipinski definition) is 19. The number of carbonyl (C=O) groups excluding carboxylic acids is 4. The van der Waals surface area contributed by atoms with Crippen molar-refractivity contribution in [2.24, 2.45) is 5.92 Å². The summed E-state index contributed by atoms with van der Waals surface area (Å²) < 4.78 is 53.1. The van der Waals surface area contributed by atoms with Crippen LogP contribution in [0.2, 0.25) is 0 Å². The van der Waals surface area contributed by atoms with E-state index in [1.807, 2.05) is 6.92 Å². The molecule has 0 aromatic rings. The van der Waals surface area contributed by atoms with Gasteiger partial charge in [0.2, 0.25) is 0 Å². The number of ether oxygens (including phenoxy) is 10. The number of allylic oxidation sites excluding steroid dienone is 2. The van der Waals surface area contributed by atoms with Crippen LogP contribution < -0.4 is 0 Å². The van der Waals surface area contributed by atoms with E-state index in [2.05, 4.69) is 13.2 Å². The van der Waals surface area contributed by atoms with E-state index in [9.17, 15) is 33.9 Å². The van der Waals surface area contributed by atoms with Crippen molar-refractivity contribution in [2.75, 3.05) is 39.6 Å². The molecule has 322 valence electrons. The molecule has 0 unspecified atom stereocenters. The highest BCUT2D eigenvalue weighted by atomic mass is 16.7. The molecule has 0 aromatic heterocycles. The number of carboxylic acids is 2. The lowest BCUT2D eigenvalue weighted by Gasteiger charge is -2.16. The quantitative estimate of drug-likeness (QED) is 0.0505. The lowest BCUT2D eigenvalue weighted by molar-refractivity contribution is -0.156. The molecule has 0 aliphatic carbocycles. The smallest absolute Gasteiger partial charge is 0.331 e. The molecule has 6 aliphatic rings. The Morgan fingerprint density at radius 2 is 0.845 bits per heavy atom. The SMILES string of the molecule is C=C(O)C=CC(=O)O[C@H]1CO[C@H]2[C@@H]1OC[C@@H]2O.C=C(O)C=CC(=O)O[C@H]1CO[C@H]2[C@@H]1OC[C@@H]2OC(=O)CCC(=O)O.C[C@H]1CO[C@H]2[C@@H]1OC[C@@H]2OC(=O)CCC(=O)O. The summed E-state index contributed by atoms with van der Waals surface area (Å²) in [6.07, 6.45) is -1.68. The fourth-order valence-electron chi connectivity index (χ4n) is 6.51. The van der Waals surface area contributed by atoms with Crippen LogP contribution in [0.1, 0.15) is 32.6 Å². The minimum Gasteiger partial charge on any atom is -0.509 e. The van der Waals surface area contributed by atoms with Crippen molar-refractivity contribution >= 4 is 35.8 Å². The normalized spacial score (nSPS) is 32.8. The second-order valence-corrected chi connectivity index (χ2v) is 13.8. The van der Waals surface area contributed by atoms with Crippen LogP contribution >= 0.6 is 0 Å². The molecule has 0 aromatic carbocycles. The summed E-state index contributed by atoms with van der Waals surface area (Å²) in [6.45, 7) is 9.91. The Morgan fingerprint density at radius 1 is 0.500 bits per heavy atom. The largest absolute Gasteiger partial charge is 0.509 e. The first kappa shape index (κ1) is 45.8. The number of rotatable bonds is 14. The summed E-state index contributed by atoms with van der Waals surface area (Å²) in [5.41, 5.74) is 0. The van der Waals surface area contributed by atoms with Crippen LogP contribution in [0.15, 0.2) is 49.0 Å². The van der Waals surface area contributed by atoms with Gasteiger partial charge in [0.05, 0.1) is 71.4 Å². The van der Waals surface area contributed by atoms with Gasteiger partial charge in [-0.1, -0.05) is 20.1 Å². The minimum absolute atomic E-state index is 0.00715. The van der Waals surface area contributed by atoms with Gasteiger partial charge in [-0.05, 0) is 12.2 Å². The van der Waals surface area contributed by atoms with Gasteiger partial charge in [0.15, 0.2) is 24.4 Å². The van der Waals surface area contributed by atoms with Crippen molar-refractivity contribution < 1.29 is 102 Å². The van der Waals surface area contributed by atoms with Crippen LogP contribution in [0.25, 0.3) is 0 Å². The first-order valence-electron chi connectivity index (χ1n) is 18.3. The third-order valence-electron chi connectivity index (χ3n) is 9.21. The Morgan fingerprint density at radius 3 is 1.28 bits per heavy atom. The third-order valence-corrected chi connectivity index (χ3v) is 9.21. The molecule has 21 nitrogen and oxygen atoms in total. The molecule has 0 radical (unpaired) electrons. The van der Waals surface area contributed by atoms with Crippen LogP contribution in [-0.4, -0.2) is 168 Å². The Bertz CT molecular complexity index is 1570. The Hall–Kier alpha value is -4.90. The maximum absolute atomic E-state index is 11.6. The van der Waals surface area contributed by atoms with Crippen LogP contribution in [0.3, 0.4) is 0 Å². The molecule has 58 heavy (non-hydrogen) atoms. The predicted molar refractivity (Wildman–Crippen MR) is 189 cm³/mol. The van der Waals surface area contributed by atoms with Crippen LogP contribution in [0, 0.1) is 5.92 Å². The Balaban J connectivity index is 0.000000197. The van der Waals surface area contributed by atoms with Gasteiger partial charge >= 0.3 is 35.8 Å². The number of aliphatic hydroxyl groups excluding tert-OH is 3. The molecule has 0 amide bonds. The maximum atomic E-state index is 11.6. The van der Waals surface area contributed by atoms with Gasteiger partial charge in [-0.3, -0.25) is 19.2 Å². The lowest BCUT2D eigenvalue weighted by Crippen LogP contribution is -2.35. The zero-order chi connectivity index (χ0) is 42.5. The highest BCUT2D eigenvalue weighted by molar-refractivity contribution is 5.83. The number of hydrogen-bond donors (Lipinski definition) is 5. The lowest BCUT2D eigenvalue weighted by atomic mass is 10.0. The fourth-order valence-corrected chi connectivity index (χ4v) is 6.51. The van der Waals surface area contributed by atoms with Crippen molar-refractivity contribution in [1.29, 1.82) is 0 Å². The van der Waals surface area contributed by atoms with Gasteiger partial charge in [0.25, 0.3) is 0 Å². The van der Waals surface area contributed by atoms with Crippen molar-refractivity contribution in [3.05, 3.63) is 49.0 Å². The molecule has 12 atom stereocenters. The van der Waals surface area contributed by atoms with Crippen LogP contribution in [0.4, 0.5) is 0 Å². The molecule has 0 bridgehead atoms. The third kappa shape index (κ3) is 13.6. The average molecular weight is 829 g/mol. The van der Waals surface area contributed by atoms with E-state index in [1.165, 1.54) is 0 Å². The molecule has 6 rings (SSSR count). The van der Waals surface area contributed by atoms with E-state index in [0.29, 0.717) is 19.1 Å². The zero-order valence-electron chi connectivity index (χ0n) is 31.5. The van der Waals surface area contributed by atoms with Gasteiger partial charge in [-0.2, -0.15) is 0 Å². The first-order chi connectivity index (χ1) is 27.5. The van der Waals surface area contributed by atoms with Crippen molar-refractivity contribution in [1.82, 2.24) is 0 Å². The summed E-state index contributed by atoms with van der Waals surface area (Å²) >= 11 is 0. The summed E-state index contributed by atoms with van der Waals surface area (Å²) in [5, 5.41) is 44.1. The van der Waals surface area contributed by atoms with E-state index >= 15 is 0 Å². The number of esters is 4. The molecule has 6 aliphatic heterocycles. The Labute approximate surface area is 331 Å². The van der Waals surface area contributed by atoms with Gasteiger partial charge in [-0.15, -0.1) is 0 Å². The van der Waals surface area contributed by atoms with Crippen molar-refractivity contribution in [2.45, 2.75) is 99.8 Å². The second kappa shape index (κ2) is 21.7. The van der Waals surface area contributed by atoms with E-state index in [0.717, 1.165) is 24.3 Å². The number of fused-ring (bicyclic) bond motifs is 3. The summed E-state index contributed by atoms with van der Waals surface area (Å²) in [5.74, 6) is -4.76. The fraction of sp³-hybridized carbons (Fsp3) is 0.622. The zero-order valence-corrected chi connectivity index (χ0v) is 31.5. The Kier molecular flexibility index (Phi) is 17.2. The van der Waals surface area contributed by atoms with Crippen LogP contribution in [-0.2, 0) is 76.1 Å². The maximum Gasteiger partial charge on any atom is 0.331 e. The standard InChI is InChI=1S/C15H18O9.C11H16O6.C11H14O6/c1-8(16)2-4-12(19)23-9-6-21-15-10(7-22-14(9)15)24-13(20)5-3-11(17)18;1-6-4-15-11-7(5-16-10(6)11)17-9(14)3-2-8(12)13;1-6(12)2-3-9(14)17-8-5-16-10-7(13)4-15-11(8)10/h2,4,9-10,14-16H,1,3,5-7H2,(H,17,18);6-7,10-11H,2-5H2,1H3,(H,12,13);2-3,7-8,10-13H,1,4-5H2/t9-,10-,14+,15+;6-,7-,10+,11+;7-,8-,10+,11+/m000/s1.